The SMILES string of the molecule is COc1ccc(S(=O)(=O)Nc2cccc(OC(C)C)c2)cc1I. The van der Waals surface area contributed by atoms with Crippen LogP contribution >= 0.6 is 22.6 Å². The number of ether oxygens (including phenoxy) is 2. The van der Waals surface area contributed by atoms with Gasteiger partial charge >= 0.3 is 0 Å². The van der Waals surface area contributed by atoms with Gasteiger partial charge in [0.05, 0.1) is 27.4 Å². The Morgan fingerprint density at radius 1 is 1.13 bits per heavy atom. The van der Waals surface area contributed by atoms with Crippen molar-refractivity contribution >= 4 is 38.3 Å². The van der Waals surface area contributed by atoms with E-state index in [4.69, 9.17) is 9.47 Å². The van der Waals surface area contributed by atoms with E-state index >= 15 is 0 Å². The Kier molecular flexibility index (Phi) is 5.74. The van der Waals surface area contributed by atoms with Crippen LogP contribution in [0.25, 0.3) is 0 Å². The van der Waals surface area contributed by atoms with Gasteiger partial charge in [-0.1, -0.05) is 6.07 Å². The van der Waals surface area contributed by atoms with Gasteiger partial charge in [-0.15, -0.1) is 0 Å². The lowest BCUT2D eigenvalue weighted by molar-refractivity contribution is 0.242. The number of methoxy groups -OCH3 is 1. The molecule has 0 aliphatic rings. The number of rotatable bonds is 6. The molecule has 0 aromatic heterocycles. The monoisotopic (exact) mass is 447 g/mol. The second-order valence-corrected chi connectivity index (χ2v) is 7.94. The summed E-state index contributed by atoms with van der Waals surface area (Å²) in [6.07, 6.45) is 0.0185. The standard InChI is InChI=1S/C16H18INO4S/c1-11(2)22-13-6-4-5-12(9-13)18-23(19,20)14-7-8-16(21-3)15(17)10-14/h4-11,18H,1-3H3. The minimum Gasteiger partial charge on any atom is -0.496 e. The fourth-order valence-electron chi connectivity index (χ4n) is 1.93. The van der Waals surface area contributed by atoms with E-state index in [2.05, 4.69) is 4.72 Å². The largest absolute Gasteiger partial charge is 0.496 e. The second-order valence-electron chi connectivity index (χ2n) is 5.10. The Hall–Kier alpha value is -1.48. The molecule has 5 nitrogen and oxygen atoms in total. The Morgan fingerprint density at radius 2 is 1.87 bits per heavy atom. The summed E-state index contributed by atoms with van der Waals surface area (Å²) in [6.45, 7) is 3.83. The fourth-order valence-corrected chi connectivity index (χ4v) is 3.96. The van der Waals surface area contributed by atoms with Gasteiger partial charge in [0.25, 0.3) is 10.0 Å². The first-order valence-corrected chi connectivity index (χ1v) is 9.51. The van der Waals surface area contributed by atoms with Crippen LogP contribution in [0.15, 0.2) is 47.4 Å². The van der Waals surface area contributed by atoms with Crippen LogP contribution in [0, 0.1) is 3.57 Å². The zero-order valence-electron chi connectivity index (χ0n) is 13.0. The van der Waals surface area contributed by atoms with Crippen molar-refractivity contribution in [3.05, 3.63) is 46.0 Å². The molecule has 0 fully saturated rings. The van der Waals surface area contributed by atoms with Crippen LogP contribution in [0.2, 0.25) is 0 Å². The lowest BCUT2D eigenvalue weighted by Crippen LogP contribution is -2.13. The van der Waals surface area contributed by atoms with Crippen LogP contribution in [-0.4, -0.2) is 21.6 Å². The van der Waals surface area contributed by atoms with Gasteiger partial charge < -0.3 is 9.47 Å². The molecule has 0 aliphatic heterocycles. The zero-order chi connectivity index (χ0) is 17.0. The van der Waals surface area contributed by atoms with E-state index in [0.717, 1.165) is 3.57 Å². The first kappa shape index (κ1) is 17.9. The van der Waals surface area contributed by atoms with Crippen molar-refractivity contribution in [3.8, 4) is 11.5 Å². The van der Waals surface area contributed by atoms with Crippen molar-refractivity contribution in [1.82, 2.24) is 0 Å². The summed E-state index contributed by atoms with van der Waals surface area (Å²) in [5.74, 6) is 1.25. The normalized spacial score (nSPS) is 11.3. The van der Waals surface area contributed by atoms with Gasteiger partial charge in [-0.3, -0.25) is 4.72 Å². The molecule has 0 heterocycles. The van der Waals surface area contributed by atoms with Crippen molar-refractivity contribution in [2.24, 2.45) is 0 Å². The van der Waals surface area contributed by atoms with Crippen LogP contribution in [0.3, 0.4) is 0 Å². The highest BCUT2D eigenvalue weighted by atomic mass is 127. The Bertz CT molecular complexity index is 790. The first-order valence-electron chi connectivity index (χ1n) is 6.95. The molecule has 1 N–H and O–H groups in total. The highest BCUT2D eigenvalue weighted by Crippen LogP contribution is 2.26. The number of nitrogens with one attached hydrogen (secondary N) is 1. The van der Waals surface area contributed by atoms with Gasteiger partial charge in [-0.2, -0.15) is 0 Å². The van der Waals surface area contributed by atoms with E-state index in [1.54, 1.807) is 43.5 Å². The molecule has 0 amide bonds. The van der Waals surface area contributed by atoms with E-state index in [1.165, 1.54) is 6.07 Å². The molecule has 0 aliphatic carbocycles. The molecule has 0 saturated heterocycles. The molecule has 0 unspecified atom stereocenters. The molecule has 2 aromatic rings. The predicted octanol–water partition coefficient (Wildman–Crippen LogP) is 3.89. The van der Waals surface area contributed by atoms with Crippen LogP contribution in [0.1, 0.15) is 13.8 Å². The molecule has 7 heteroatoms. The smallest absolute Gasteiger partial charge is 0.261 e. The highest BCUT2D eigenvalue weighted by Gasteiger charge is 2.16. The number of anilines is 1. The van der Waals surface area contributed by atoms with Crippen LogP contribution in [-0.2, 0) is 10.0 Å². The van der Waals surface area contributed by atoms with Gasteiger partial charge in [0.2, 0.25) is 0 Å². The first-order chi connectivity index (χ1) is 10.8. The summed E-state index contributed by atoms with van der Waals surface area (Å²) in [6, 6.07) is 11.6. The van der Waals surface area contributed by atoms with Crippen molar-refractivity contribution in [3.63, 3.8) is 0 Å². The maximum absolute atomic E-state index is 12.5. The van der Waals surface area contributed by atoms with Crippen molar-refractivity contribution in [2.45, 2.75) is 24.8 Å². The molecule has 23 heavy (non-hydrogen) atoms. The average molecular weight is 447 g/mol. The molecule has 0 bridgehead atoms. The molecular formula is C16H18INO4S. The average Bonchev–Trinajstić information content (AvgIpc) is 2.46. The number of benzene rings is 2. The third-order valence-corrected chi connectivity index (χ3v) is 5.11. The van der Waals surface area contributed by atoms with Crippen molar-refractivity contribution in [1.29, 1.82) is 0 Å². The summed E-state index contributed by atoms with van der Waals surface area (Å²) in [4.78, 5) is 0.179. The number of halogens is 1. The molecule has 2 rings (SSSR count). The summed E-state index contributed by atoms with van der Waals surface area (Å²) in [5, 5.41) is 0. The van der Waals surface area contributed by atoms with Gasteiger partial charge in [0, 0.05) is 6.07 Å². The second kappa shape index (κ2) is 7.39. The molecule has 0 saturated carbocycles. The van der Waals surface area contributed by atoms with Crippen LogP contribution < -0.4 is 14.2 Å². The quantitative estimate of drug-likeness (QED) is 0.683. The molecule has 0 atom stereocenters. The Balaban J connectivity index is 2.26. The number of sulfonamides is 1. The third-order valence-electron chi connectivity index (χ3n) is 2.89. The van der Waals surface area contributed by atoms with Crippen molar-refractivity contribution < 1.29 is 17.9 Å². The van der Waals surface area contributed by atoms with E-state index < -0.39 is 10.0 Å². The van der Waals surface area contributed by atoms with Crippen LogP contribution in [0.4, 0.5) is 5.69 Å². The van der Waals surface area contributed by atoms with Gasteiger partial charge in [-0.25, -0.2) is 8.42 Å². The predicted molar refractivity (Wildman–Crippen MR) is 98.7 cm³/mol. The van der Waals surface area contributed by atoms with E-state index in [1.807, 2.05) is 36.4 Å². The van der Waals surface area contributed by atoms with Gasteiger partial charge in [0.1, 0.15) is 11.5 Å². The minimum atomic E-state index is -3.67. The fraction of sp³-hybridized carbons (Fsp3) is 0.250. The van der Waals surface area contributed by atoms with Gasteiger partial charge in [-0.05, 0) is 66.8 Å². The van der Waals surface area contributed by atoms with E-state index in [-0.39, 0.29) is 11.0 Å². The topological polar surface area (TPSA) is 64.6 Å². The van der Waals surface area contributed by atoms with E-state index in [9.17, 15) is 8.42 Å². The molecular weight excluding hydrogens is 429 g/mol. The van der Waals surface area contributed by atoms with Crippen molar-refractivity contribution in [2.75, 3.05) is 11.8 Å². The maximum atomic E-state index is 12.5. The Morgan fingerprint density at radius 3 is 2.48 bits per heavy atom. The third kappa shape index (κ3) is 4.74. The summed E-state index contributed by atoms with van der Waals surface area (Å²) in [7, 11) is -2.13. The van der Waals surface area contributed by atoms with E-state index in [0.29, 0.717) is 17.2 Å². The molecule has 0 spiro atoms. The Labute approximate surface area is 150 Å². The van der Waals surface area contributed by atoms with Gasteiger partial charge in [0.15, 0.2) is 0 Å². The lowest BCUT2D eigenvalue weighted by Gasteiger charge is -2.13. The zero-order valence-corrected chi connectivity index (χ0v) is 16.0. The summed E-state index contributed by atoms with van der Waals surface area (Å²) in [5.41, 5.74) is 0.453. The van der Waals surface area contributed by atoms with Crippen LogP contribution in [0.5, 0.6) is 11.5 Å². The minimum absolute atomic E-state index is 0.0185. The summed E-state index contributed by atoms with van der Waals surface area (Å²) < 4.78 is 39.0. The molecule has 2 aromatic carbocycles. The lowest BCUT2D eigenvalue weighted by atomic mass is 10.3. The summed E-state index contributed by atoms with van der Waals surface area (Å²) >= 11 is 2.04. The maximum Gasteiger partial charge on any atom is 0.261 e. The molecule has 0 radical (unpaired) electrons. The number of hydrogen-bond donors (Lipinski definition) is 1. The highest BCUT2D eigenvalue weighted by molar-refractivity contribution is 14.1. The molecule has 124 valence electrons. The number of hydrogen-bond acceptors (Lipinski definition) is 4.